The number of carbonyl (C=O) groups excluding carboxylic acids is 1. The van der Waals surface area contributed by atoms with Crippen LogP contribution >= 0.6 is 7.82 Å². The molecule has 0 aromatic carbocycles. The number of carbonyl (C=O) groups is 3. The second kappa shape index (κ2) is 27.3. The number of carboxylic acids is 2. The minimum absolute atomic E-state index is 0.794. The number of aliphatic carboxylic acids is 2. The van der Waals surface area contributed by atoms with Crippen molar-refractivity contribution in [2.75, 3.05) is 33.0 Å². The van der Waals surface area contributed by atoms with Crippen LogP contribution in [0.4, 0.5) is 0 Å². The summed E-state index contributed by atoms with van der Waals surface area (Å²) in [6.45, 7) is -5.46. The highest BCUT2D eigenvalue weighted by molar-refractivity contribution is 7.80. The lowest BCUT2D eigenvalue weighted by Crippen LogP contribution is -2.70. The molecule has 41 heteroatoms. The van der Waals surface area contributed by atoms with E-state index in [0.717, 1.165) is 6.92 Å². The second-order valence-corrected chi connectivity index (χ2v) is 19.8. The summed E-state index contributed by atoms with van der Waals surface area (Å²) in [6, 6.07) is -2.21. The van der Waals surface area contributed by atoms with Gasteiger partial charge in [0.05, 0.1) is 33.0 Å². The topological polar surface area (TPSA) is 630 Å². The summed E-state index contributed by atoms with van der Waals surface area (Å²) < 4.78 is 109. The van der Waals surface area contributed by atoms with Gasteiger partial charge in [-0.1, -0.05) is 0 Å². The third kappa shape index (κ3) is 15.3. The van der Waals surface area contributed by atoms with Gasteiger partial charge >= 0.3 is 30.2 Å². The molecule has 21 N–H and O–H groups in total. The zero-order chi connectivity index (χ0) is 58.6. The summed E-state index contributed by atoms with van der Waals surface area (Å²) in [4.78, 5) is 55.9. The van der Waals surface area contributed by atoms with Crippen molar-refractivity contribution in [2.45, 2.75) is 166 Å². The van der Waals surface area contributed by atoms with Gasteiger partial charge in [0, 0.05) is 6.92 Å². The second-order valence-electron chi connectivity index (χ2n) is 17.6. The van der Waals surface area contributed by atoms with Crippen molar-refractivity contribution in [3.05, 3.63) is 11.5 Å². The standard InChI is InChI=1S/C37H60NO38PS/c1-7(44)38-13-25(69-34-19(51)16(48)17(49)29(73-34)31(55)56)24(76-78(62,63)64)11(5-42)67-33(13)72-28-18(50)20(52)35(74-30(28)32(57)58)70-26-14(46)10(4-41)66-37(22(26)54)71-27-15(47)9(3-40)65-36(21(27)53)68-23(8(45)2-39)12(6-43)75-77(59,60)61/h8-16,18-28,30,33-37,39-43,45-54H,2-6H2,1H3,(H,38,44)(H,55,56)(H,57,58)(H2,59,60,61)(H,62,63,64)/t8-,9-,10-,11-,12+,13-,14+,15+,16+,18-,19-,20-,21-,22-,23+,24+,25-,26+,27+,28+,30+,33+,34-,35-,36+,37+/m1/s1. The van der Waals surface area contributed by atoms with Crippen LogP contribution in [0.5, 0.6) is 0 Å². The zero-order valence-electron chi connectivity index (χ0n) is 39.7. The van der Waals surface area contributed by atoms with Gasteiger partial charge in [-0.3, -0.25) is 13.9 Å². The number of carboxylic acid groups (broad SMARTS) is 2. The highest BCUT2D eigenvalue weighted by Gasteiger charge is 2.59. The van der Waals surface area contributed by atoms with Crippen molar-refractivity contribution in [1.29, 1.82) is 0 Å². The fourth-order valence-electron chi connectivity index (χ4n) is 8.56. The quantitative estimate of drug-likeness (QED) is 0.0315. The highest BCUT2D eigenvalue weighted by Crippen LogP contribution is 2.41. The summed E-state index contributed by atoms with van der Waals surface area (Å²) in [5, 5.41) is 181. The first-order valence-corrected chi connectivity index (χ1v) is 25.5. The fraction of sp³-hybridized carbons (Fsp3) is 0.865. The molecule has 0 radical (unpaired) electrons. The van der Waals surface area contributed by atoms with E-state index in [9.17, 15) is 129 Å². The Labute approximate surface area is 436 Å². The molecule has 5 aliphatic heterocycles. The molecular formula is C37H60NO38PS. The van der Waals surface area contributed by atoms with Gasteiger partial charge in [0.2, 0.25) is 18.0 Å². The minimum atomic E-state index is -5.66. The first kappa shape index (κ1) is 65.6. The predicted molar refractivity (Wildman–Crippen MR) is 229 cm³/mol. The molecule has 0 spiro atoms. The molecular weight excluding hydrogens is 1130 g/mol. The molecule has 5 aliphatic rings. The van der Waals surface area contributed by atoms with E-state index in [1.54, 1.807) is 0 Å². The van der Waals surface area contributed by atoms with E-state index in [-0.39, 0.29) is 0 Å². The molecule has 0 bridgehead atoms. The van der Waals surface area contributed by atoms with Crippen LogP contribution in [-0.4, -0.2) is 320 Å². The predicted octanol–water partition coefficient (Wildman–Crippen LogP) is -12.5. The number of amides is 1. The average Bonchev–Trinajstić information content (AvgIpc) is 3.47. The van der Waals surface area contributed by atoms with Crippen LogP contribution in [0.1, 0.15) is 6.92 Å². The van der Waals surface area contributed by atoms with Gasteiger partial charge in [0.1, 0.15) is 122 Å². The number of rotatable bonds is 24. The number of aliphatic hydroxyl groups is 15. The van der Waals surface area contributed by atoms with E-state index in [1.165, 1.54) is 0 Å². The normalized spacial score (nSPS) is 41.1. The SMILES string of the molecule is CC(=O)N[C@H]1[C@H](O[C@H]2[C@H](O)[C@@H](O)[C@H](O[C@H]3[C@@H](O)[C@@H](CO)O[C@@H](O[C@H]4[C@@H](O)[C@@H](CO)O[C@@H](O[C@@H]([C@H](O)CO)[C@H](CO)OP(=O)(O)O)[C@@H]4O)[C@@H]3O)O[C@@H]2C(=O)O)O[C@H](CO)[C@H](OS(=O)(=O)O)[C@@H]1O[C@@H]1OC(C(=O)O)=C(O)[C@H](O)[C@H]1O. The van der Waals surface area contributed by atoms with E-state index in [4.69, 9.17) is 47.4 Å². The lowest BCUT2D eigenvalue weighted by atomic mass is 9.94. The number of ether oxygens (including phenoxy) is 10. The summed E-state index contributed by atoms with van der Waals surface area (Å²) in [5.74, 6) is -8.17. The van der Waals surface area contributed by atoms with Gasteiger partial charge in [-0.2, -0.15) is 8.42 Å². The molecule has 4 fully saturated rings. The number of aliphatic hydroxyl groups excluding tert-OH is 15. The Morgan fingerprint density at radius 3 is 1.62 bits per heavy atom. The van der Waals surface area contributed by atoms with Crippen molar-refractivity contribution in [1.82, 2.24) is 5.32 Å². The van der Waals surface area contributed by atoms with Crippen molar-refractivity contribution in [3.63, 3.8) is 0 Å². The third-order valence-electron chi connectivity index (χ3n) is 12.2. The smallest absolute Gasteiger partial charge is 0.470 e. The molecule has 0 saturated carbocycles. The van der Waals surface area contributed by atoms with Crippen molar-refractivity contribution in [2.24, 2.45) is 0 Å². The molecule has 4 saturated heterocycles. The Balaban J connectivity index is 1.42. The zero-order valence-corrected chi connectivity index (χ0v) is 41.4. The maximum Gasteiger partial charge on any atom is 0.470 e. The lowest BCUT2D eigenvalue weighted by molar-refractivity contribution is -0.387. The van der Waals surface area contributed by atoms with Gasteiger partial charge < -0.3 is 149 Å². The van der Waals surface area contributed by atoms with E-state index in [2.05, 4.69) is 14.0 Å². The first-order chi connectivity index (χ1) is 36.3. The Hall–Kier alpha value is -3.19. The average molecular weight is 1190 g/mol. The van der Waals surface area contributed by atoms with E-state index < -0.39 is 240 Å². The minimum Gasteiger partial charge on any atom is -0.506 e. The summed E-state index contributed by atoms with van der Waals surface area (Å²) in [7, 11) is -11.1. The summed E-state index contributed by atoms with van der Waals surface area (Å²) in [6.07, 6.45) is -58.4. The number of phosphoric ester groups is 1. The Kier molecular flexibility index (Phi) is 22.9. The molecule has 0 aromatic heterocycles. The molecule has 0 aliphatic carbocycles. The molecule has 0 unspecified atom stereocenters. The monoisotopic (exact) mass is 1190 g/mol. The van der Waals surface area contributed by atoms with Crippen molar-refractivity contribution >= 4 is 36.1 Å². The van der Waals surface area contributed by atoms with Crippen LogP contribution in [0.15, 0.2) is 11.5 Å². The van der Waals surface area contributed by atoms with Gasteiger partial charge in [0.15, 0.2) is 37.0 Å². The largest absolute Gasteiger partial charge is 0.506 e. The van der Waals surface area contributed by atoms with Crippen LogP contribution < -0.4 is 5.32 Å². The van der Waals surface area contributed by atoms with Gasteiger partial charge in [-0.05, 0) is 0 Å². The molecule has 26 atom stereocenters. The number of hydrogen-bond acceptors (Lipinski definition) is 33. The van der Waals surface area contributed by atoms with Crippen LogP contribution in [0, 0.1) is 0 Å². The lowest BCUT2D eigenvalue weighted by Gasteiger charge is -2.50. The van der Waals surface area contributed by atoms with E-state index in [1.807, 2.05) is 0 Å². The maximum absolute atomic E-state index is 12.8. The van der Waals surface area contributed by atoms with Crippen LogP contribution in [-0.2, 0) is 85.4 Å². The molecule has 5 rings (SSSR count). The van der Waals surface area contributed by atoms with Crippen LogP contribution in [0.25, 0.3) is 0 Å². The van der Waals surface area contributed by atoms with E-state index >= 15 is 0 Å². The Bertz CT molecular complexity index is 2210. The van der Waals surface area contributed by atoms with Gasteiger partial charge in [-0.15, -0.1) is 0 Å². The molecule has 39 nitrogen and oxygen atoms in total. The molecule has 1 amide bonds. The van der Waals surface area contributed by atoms with Crippen LogP contribution in [0.3, 0.4) is 0 Å². The summed E-state index contributed by atoms with van der Waals surface area (Å²) >= 11 is 0. The third-order valence-corrected chi connectivity index (χ3v) is 13.3. The maximum atomic E-state index is 12.8. The van der Waals surface area contributed by atoms with Crippen molar-refractivity contribution < 1.29 is 185 Å². The molecule has 5 heterocycles. The summed E-state index contributed by atoms with van der Waals surface area (Å²) in [5.41, 5.74) is 0. The molecule has 78 heavy (non-hydrogen) atoms. The van der Waals surface area contributed by atoms with E-state index in [0.29, 0.717) is 0 Å². The number of nitrogens with one attached hydrogen (secondary N) is 1. The number of hydrogen-bond donors (Lipinski definition) is 21. The Morgan fingerprint density at radius 1 is 0.641 bits per heavy atom. The van der Waals surface area contributed by atoms with Gasteiger partial charge in [0.25, 0.3) is 0 Å². The molecule has 0 aromatic rings. The molecule has 452 valence electrons. The van der Waals surface area contributed by atoms with Crippen molar-refractivity contribution in [3.8, 4) is 0 Å². The fourth-order valence-corrected chi connectivity index (χ4v) is 9.62. The first-order valence-electron chi connectivity index (χ1n) is 22.6. The number of phosphoric acid groups is 1. The Morgan fingerprint density at radius 2 is 1.14 bits per heavy atom. The highest BCUT2D eigenvalue weighted by atomic mass is 32.3. The van der Waals surface area contributed by atoms with Gasteiger partial charge in [-0.25, -0.2) is 18.3 Å². The van der Waals surface area contributed by atoms with Crippen LogP contribution in [0.2, 0.25) is 0 Å².